The molecule has 0 unspecified atom stereocenters. The summed E-state index contributed by atoms with van der Waals surface area (Å²) in [6.07, 6.45) is 3.92. The zero-order chi connectivity index (χ0) is 19.7. The van der Waals surface area contributed by atoms with E-state index in [4.69, 9.17) is 0 Å². The molecule has 0 bridgehead atoms. The third-order valence-electron chi connectivity index (χ3n) is 3.70. The predicted octanol–water partition coefficient (Wildman–Crippen LogP) is 6.72. The summed E-state index contributed by atoms with van der Waals surface area (Å²) in [7, 11) is 0. The molecule has 0 amide bonds. The van der Waals surface area contributed by atoms with E-state index >= 15 is 0 Å². The van der Waals surface area contributed by atoms with Crippen molar-refractivity contribution >= 4 is 6.08 Å². The number of allylic oxidation sites excluding steroid dienone is 1. The molecule has 5 heteroatoms. The van der Waals surface area contributed by atoms with Gasteiger partial charge in [0.1, 0.15) is 0 Å². The molecule has 0 aromatic heterocycles. The lowest BCUT2D eigenvalue weighted by Gasteiger charge is -2.09. The molecule has 0 saturated carbocycles. The summed E-state index contributed by atoms with van der Waals surface area (Å²) in [6, 6.07) is 10.7. The van der Waals surface area contributed by atoms with Crippen LogP contribution in [-0.4, -0.2) is 6.36 Å². The van der Waals surface area contributed by atoms with Crippen molar-refractivity contribution in [2.45, 2.75) is 39.0 Å². The monoisotopic (exact) mass is 376 g/mol. The minimum absolute atomic E-state index is 0.266. The van der Waals surface area contributed by atoms with Gasteiger partial charge in [0.05, 0.1) is 0 Å². The minimum Gasteiger partial charge on any atom is -0.403 e. The van der Waals surface area contributed by atoms with Gasteiger partial charge >= 0.3 is 6.36 Å². The summed E-state index contributed by atoms with van der Waals surface area (Å²) < 4.78 is 53.6. The molecule has 2 aromatic rings. The summed E-state index contributed by atoms with van der Waals surface area (Å²) in [4.78, 5) is 0. The van der Waals surface area contributed by atoms with Gasteiger partial charge in [-0.3, -0.25) is 0 Å². The molecule has 0 heterocycles. The average molecular weight is 376 g/mol. The Labute approximate surface area is 156 Å². The van der Waals surface area contributed by atoms with Gasteiger partial charge in [0.15, 0.2) is 11.6 Å². The second-order valence-electron chi connectivity index (χ2n) is 5.96. The van der Waals surface area contributed by atoms with Gasteiger partial charge in [-0.15, -0.1) is 13.2 Å². The minimum atomic E-state index is -4.93. The maximum Gasteiger partial charge on any atom is 0.573 e. The van der Waals surface area contributed by atoms with Crippen LogP contribution in [0.25, 0.3) is 6.08 Å². The number of hydrogen-bond acceptors (Lipinski definition) is 1. The van der Waals surface area contributed by atoms with Crippen LogP contribution in [0.2, 0.25) is 0 Å². The first kappa shape index (κ1) is 20.6. The fourth-order valence-corrected chi connectivity index (χ4v) is 2.34. The van der Waals surface area contributed by atoms with E-state index in [1.54, 1.807) is 0 Å². The molecule has 2 aromatic carbocycles. The van der Waals surface area contributed by atoms with Crippen molar-refractivity contribution in [1.29, 1.82) is 0 Å². The number of halogens is 4. The molecule has 142 valence electrons. The predicted molar refractivity (Wildman–Crippen MR) is 98.7 cm³/mol. The van der Waals surface area contributed by atoms with Gasteiger partial charge in [-0.25, -0.2) is 4.39 Å². The highest BCUT2D eigenvalue weighted by Crippen LogP contribution is 2.25. The van der Waals surface area contributed by atoms with Gasteiger partial charge in [-0.1, -0.05) is 55.9 Å². The second-order valence-corrected chi connectivity index (χ2v) is 5.96. The first-order valence-corrected chi connectivity index (χ1v) is 8.71. The van der Waals surface area contributed by atoms with Crippen LogP contribution >= 0.6 is 0 Å². The van der Waals surface area contributed by atoms with Crippen molar-refractivity contribution in [3.8, 4) is 17.6 Å². The van der Waals surface area contributed by atoms with Crippen molar-refractivity contribution in [1.82, 2.24) is 0 Å². The number of rotatable bonds is 6. The SMILES string of the molecule is CCCCCC=Cc1ccc(C#Cc2ccc(OC(F)(F)F)c(F)c2)cc1. The Balaban J connectivity index is 2.00. The van der Waals surface area contributed by atoms with E-state index < -0.39 is 17.9 Å². The third-order valence-corrected chi connectivity index (χ3v) is 3.70. The molecule has 0 N–H and O–H groups in total. The number of hydrogen-bond donors (Lipinski definition) is 0. The second kappa shape index (κ2) is 9.82. The van der Waals surface area contributed by atoms with E-state index in [1.165, 1.54) is 25.3 Å². The lowest BCUT2D eigenvalue weighted by Crippen LogP contribution is -2.17. The Morgan fingerprint density at radius 1 is 0.963 bits per heavy atom. The highest BCUT2D eigenvalue weighted by Gasteiger charge is 2.32. The van der Waals surface area contributed by atoms with Crippen LogP contribution in [0.15, 0.2) is 48.5 Å². The molecular formula is C22H20F4O. The quantitative estimate of drug-likeness (QED) is 0.309. The smallest absolute Gasteiger partial charge is 0.403 e. The molecule has 0 fully saturated rings. The molecule has 0 radical (unpaired) electrons. The molecule has 0 atom stereocenters. The topological polar surface area (TPSA) is 9.23 Å². The highest BCUT2D eigenvalue weighted by molar-refractivity contribution is 5.52. The molecule has 27 heavy (non-hydrogen) atoms. The fraction of sp³-hybridized carbons (Fsp3) is 0.273. The summed E-state index contributed by atoms with van der Waals surface area (Å²) in [5.41, 5.74) is 2.06. The third kappa shape index (κ3) is 7.57. The van der Waals surface area contributed by atoms with Crippen LogP contribution in [0, 0.1) is 17.7 Å². The van der Waals surface area contributed by atoms with Crippen molar-refractivity contribution in [3.63, 3.8) is 0 Å². The maximum atomic E-state index is 13.7. The summed E-state index contributed by atoms with van der Waals surface area (Å²) >= 11 is 0. The number of alkyl halides is 3. The Kier molecular flexibility index (Phi) is 7.48. The number of benzene rings is 2. The lowest BCUT2D eigenvalue weighted by atomic mass is 10.1. The zero-order valence-electron chi connectivity index (χ0n) is 14.9. The molecule has 0 spiro atoms. The summed E-state index contributed by atoms with van der Waals surface area (Å²) in [6.45, 7) is 2.17. The van der Waals surface area contributed by atoms with E-state index in [1.807, 2.05) is 24.3 Å². The number of ether oxygens (including phenoxy) is 1. The first-order chi connectivity index (χ1) is 12.9. The van der Waals surface area contributed by atoms with Crippen molar-refractivity contribution in [2.24, 2.45) is 0 Å². The van der Waals surface area contributed by atoms with Gasteiger partial charge in [-0.2, -0.15) is 0 Å². The van der Waals surface area contributed by atoms with Crippen LogP contribution in [-0.2, 0) is 0 Å². The summed E-state index contributed by atoms with van der Waals surface area (Å²) in [5.74, 6) is 3.62. The van der Waals surface area contributed by atoms with E-state index in [9.17, 15) is 17.6 Å². The summed E-state index contributed by atoms with van der Waals surface area (Å²) in [5, 5.41) is 0. The van der Waals surface area contributed by atoms with Gasteiger partial charge in [-0.05, 0) is 48.7 Å². The Morgan fingerprint density at radius 3 is 2.26 bits per heavy atom. The molecule has 1 nitrogen and oxygen atoms in total. The first-order valence-electron chi connectivity index (χ1n) is 8.71. The van der Waals surface area contributed by atoms with Gasteiger partial charge in [0.25, 0.3) is 0 Å². The molecular weight excluding hydrogens is 356 g/mol. The molecule has 0 aliphatic carbocycles. The molecule has 0 saturated heterocycles. The van der Waals surface area contributed by atoms with Gasteiger partial charge < -0.3 is 4.74 Å². The van der Waals surface area contributed by atoms with Crippen LogP contribution in [0.3, 0.4) is 0 Å². The van der Waals surface area contributed by atoms with Gasteiger partial charge in [0, 0.05) is 11.1 Å². The normalized spacial score (nSPS) is 11.3. The highest BCUT2D eigenvalue weighted by atomic mass is 19.4. The largest absolute Gasteiger partial charge is 0.573 e. The standard InChI is InChI=1S/C22H20F4O/c1-2-3-4-5-6-7-17-8-10-18(11-9-17)12-13-19-14-15-21(20(23)16-19)27-22(24,25)26/h6-11,14-16H,2-5H2,1H3. The van der Waals surface area contributed by atoms with Crippen LogP contribution < -0.4 is 4.74 Å². The Bertz CT molecular complexity index is 824. The van der Waals surface area contributed by atoms with E-state index in [0.29, 0.717) is 0 Å². The van der Waals surface area contributed by atoms with Crippen LogP contribution in [0.1, 0.15) is 49.3 Å². The maximum absolute atomic E-state index is 13.7. The molecule has 0 aliphatic rings. The van der Waals surface area contributed by atoms with Crippen LogP contribution in [0.5, 0.6) is 5.75 Å². The zero-order valence-corrected chi connectivity index (χ0v) is 14.9. The Hall–Kier alpha value is -2.74. The Morgan fingerprint density at radius 2 is 1.63 bits per heavy atom. The lowest BCUT2D eigenvalue weighted by molar-refractivity contribution is -0.275. The van der Waals surface area contributed by atoms with E-state index in [2.05, 4.69) is 35.7 Å². The van der Waals surface area contributed by atoms with Crippen molar-refractivity contribution < 1.29 is 22.3 Å². The molecule has 2 rings (SSSR count). The van der Waals surface area contributed by atoms with Crippen molar-refractivity contribution in [3.05, 3.63) is 71.0 Å². The van der Waals surface area contributed by atoms with Crippen molar-refractivity contribution in [2.75, 3.05) is 0 Å². The van der Waals surface area contributed by atoms with Gasteiger partial charge in [0.2, 0.25) is 0 Å². The van der Waals surface area contributed by atoms with Crippen LogP contribution in [0.4, 0.5) is 17.6 Å². The average Bonchev–Trinajstić information content (AvgIpc) is 2.62. The number of unbranched alkanes of at least 4 members (excludes halogenated alkanes) is 3. The van der Waals surface area contributed by atoms with E-state index in [-0.39, 0.29) is 5.56 Å². The fourth-order valence-electron chi connectivity index (χ4n) is 2.34. The van der Waals surface area contributed by atoms with E-state index in [0.717, 1.165) is 29.7 Å². The molecule has 0 aliphatic heterocycles.